The van der Waals surface area contributed by atoms with Crippen LogP contribution in [-0.2, 0) is 22.4 Å². The van der Waals surface area contributed by atoms with Gasteiger partial charge in [-0.2, -0.15) is 0 Å². The largest absolute Gasteiger partial charge is 0.481 e. The van der Waals surface area contributed by atoms with E-state index in [1.807, 2.05) is 6.92 Å². The minimum Gasteiger partial charge on any atom is -0.481 e. The zero-order valence-electron chi connectivity index (χ0n) is 17.6. The van der Waals surface area contributed by atoms with Crippen molar-refractivity contribution in [3.05, 3.63) is 43.4 Å². The second-order valence-corrected chi connectivity index (χ2v) is 9.09. The predicted octanol–water partition coefficient (Wildman–Crippen LogP) is 1.59. The van der Waals surface area contributed by atoms with Crippen LogP contribution < -0.4 is 21.9 Å². The molecule has 0 aliphatic carbocycles. The number of aliphatic carboxylic acids is 2. The number of amides is 1. The first-order valence-electron chi connectivity index (χ1n) is 10.2. The van der Waals surface area contributed by atoms with Gasteiger partial charge < -0.3 is 31.6 Å². The molecular weight excluding hydrogens is 436 g/mol. The molecule has 0 saturated heterocycles. The van der Waals surface area contributed by atoms with Crippen molar-refractivity contribution in [3.8, 4) is 0 Å². The van der Waals surface area contributed by atoms with Gasteiger partial charge in [-0.1, -0.05) is 0 Å². The lowest BCUT2D eigenvalue weighted by Gasteiger charge is -2.25. The summed E-state index contributed by atoms with van der Waals surface area (Å²) in [5.41, 5.74) is 7.90. The Morgan fingerprint density at radius 2 is 2.06 bits per heavy atom. The number of carboxylic acid groups (broad SMARTS) is 2. The Balaban J connectivity index is 1.60. The predicted molar refractivity (Wildman–Crippen MR) is 120 cm³/mol. The van der Waals surface area contributed by atoms with Gasteiger partial charge in [-0.15, -0.1) is 11.3 Å². The Hall–Kier alpha value is -3.34. The fraction of sp³-hybridized carbons (Fsp3) is 0.429. The van der Waals surface area contributed by atoms with Crippen molar-refractivity contribution in [3.63, 3.8) is 0 Å². The van der Waals surface area contributed by atoms with Gasteiger partial charge in [0.25, 0.3) is 11.5 Å². The Labute approximate surface area is 187 Å². The van der Waals surface area contributed by atoms with Crippen LogP contribution in [0.3, 0.4) is 0 Å². The van der Waals surface area contributed by atoms with Gasteiger partial charge in [-0.3, -0.25) is 14.4 Å². The van der Waals surface area contributed by atoms with Gasteiger partial charge in [0.2, 0.25) is 0 Å². The molecule has 2 aromatic heterocycles. The average Bonchev–Trinajstić information content (AvgIpc) is 3.10. The van der Waals surface area contributed by atoms with Crippen molar-refractivity contribution < 1.29 is 24.6 Å². The highest BCUT2D eigenvalue weighted by atomic mass is 32.1. The van der Waals surface area contributed by atoms with Crippen LogP contribution in [0, 0.1) is 12.8 Å². The molecule has 0 spiro atoms. The maximum atomic E-state index is 12.5. The third kappa shape index (κ3) is 5.67. The zero-order valence-corrected chi connectivity index (χ0v) is 18.4. The Morgan fingerprint density at radius 1 is 1.31 bits per heavy atom. The number of thiophene rings is 1. The number of anilines is 2. The molecule has 2 unspecified atom stereocenters. The summed E-state index contributed by atoms with van der Waals surface area (Å²) in [7, 11) is 0. The topological polar surface area (TPSA) is 175 Å². The highest BCUT2D eigenvalue weighted by Gasteiger charge is 2.24. The maximum absolute atomic E-state index is 12.5. The van der Waals surface area contributed by atoms with Crippen molar-refractivity contribution in [2.75, 3.05) is 17.6 Å². The summed E-state index contributed by atoms with van der Waals surface area (Å²) in [6, 6.07) is 2.18. The van der Waals surface area contributed by atoms with E-state index in [0.717, 1.165) is 35.5 Å². The highest BCUT2D eigenvalue weighted by Crippen LogP contribution is 2.28. The SMILES string of the molecule is Cc1cc(C(=O)NC(CCC(=O)O)C(=O)O)sc1CCC1CNc2cc(N)[nH]c(=O)c2C1. The van der Waals surface area contributed by atoms with Gasteiger partial charge >= 0.3 is 11.9 Å². The second-order valence-electron chi connectivity index (χ2n) is 7.95. The van der Waals surface area contributed by atoms with E-state index in [2.05, 4.69) is 15.6 Å². The number of carbonyl (C=O) groups is 3. The van der Waals surface area contributed by atoms with E-state index < -0.39 is 23.9 Å². The molecule has 0 aromatic carbocycles. The van der Waals surface area contributed by atoms with E-state index in [9.17, 15) is 24.3 Å². The standard InChI is InChI=1S/C21H26N4O6S/c1-10-6-16(20(29)24-13(21(30)31)3-5-18(26)27)32-15(10)4-2-11-7-12-14(23-9-11)8-17(22)25-19(12)28/h6,8,11,13,23H,2-5,7,9H2,1H3,(H,24,29)(H,26,27)(H,30,31)(H3,22,25,28). The third-order valence-electron chi connectivity index (χ3n) is 5.51. The molecule has 0 fully saturated rings. The minimum atomic E-state index is -1.27. The summed E-state index contributed by atoms with van der Waals surface area (Å²) in [6.45, 7) is 2.61. The van der Waals surface area contributed by atoms with Crippen molar-refractivity contribution in [2.45, 2.75) is 45.1 Å². The van der Waals surface area contributed by atoms with Crippen LogP contribution in [0.4, 0.5) is 11.5 Å². The van der Waals surface area contributed by atoms with Crippen LogP contribution in [0.25, 0.3) is 0 Å². The van der Waals surface area contributed by atoms with Gasteiger partial charge in [-0.05, 0) is 50.2 Å². The lowest BCUT2D eigenvalue weighted by atomic mass is 9.90. The molecule has 3 rings (SSSR count). The third-order valence-corrected chi connectivity index (χ3v) is 6.80. The van der Waals surface area contributed by atoms with Crippen LogP contribution in [-0.4, -0.2) is 45.6 Å². The molecule has 0 saturated carbocycles. The van der Waals surface area contributed by atoms with E-state index in [1.54, 1.807) is 12.1 Å². The molecule has 3 heterocycles. The van der Waals surface area contributed by atoms with E-state index in [4.69, 9.17) is 10.8 Å². The van der Waals surface area contributed by atoms with Crippen LogP contribution in [0.5, 0.6) is 0 Å². The summed E-state index contributed by atoms with van der Waals surface area (Å²) in [5, 5.41) is 23.7. The van der Waals surface area contributed by atoms with E-state index in [0.29, 0.717) is 22.7 Å². The molecule has 10 nitrogen and oxygen atoms in total. The van der Waals surface area contributed by atoms with Crippen molar-refractivity contribution in [1.82, 2.24) is 10.3 Å². The van der Waals surface area contributed by atoms with Gasteiger partial charge in [0.05, 0.1) is 4.88 Å². The van der Waals surface area contributed by atoms with Crippen LogP contribution in [0.1, 0.15) is 44.9 Å². The number of nitrogen functional groups attached to an aromatic ring is 1. The van der Waals surface area contributed by atoms with Crippen LogP contribution >= 0.6 is 11.3 Å². The molecule has 0 radical (unpaired) electrons. The zero-order chi connectivity index (χ0) is 23.4. The molecule has 2 aromatic rings. The Kier molecular flexibility index (Phi) is 7.18. The summed E-state index contributed by atoms with van der Waals surface area (Å²) in [4.78, 5) is 50.7. The summed E-state index contributed by atoms with van der Waals surface area (Å²) >= 11 is 1.30. The normalized spacial score (nSPS) is 16.0. The summed E-state index contributed by atoms with van der Waals surface area (Å²) < 4.78 is 0. The fourth-order valence-electron chi connectivity index (χ4n) is 3.76. The number of aryl methyl sites for hydroxylation is 2. The molecular formula is C21H26N4O6S. The number of carboxylic acids is 2. The number of H-pyrrole nitrogens is 1. The molecule has 7 N–H and O–H groups in total. The number of pyridine rings is 1. The lowest BCUT2D eigenvalue weighted by molar-refractivity contribution is -0.140. The van der Waals surface area contributed by atoms with Gasteiger partial charge in [0.1, 0.15) is 11.9 Å². The molecule has 1 aliphatic rings. The monoisotopic (exact) mass is 462 g/mol. The number of carbonyl (C=O) groups excluding carboxylic acids is 1. The quantitative estimate of drug-likeness (QED) is 0.326. The van der Waals surface area contributed by atoms with Crippen molar-refractivity contribution >= 4 is 40.7 Å². The van der Waals surface area contributed by atoms with E-state index >= 15 is 0 Å². The van der Waals surface area contributed by atoms with Crippen molar-refractivity contribution in [1.29, 1.82) is 0 Å². The molecule has 1 aliphatic heterocycles. The van der Waals surface area contributed by atoms with E-state index in [-0.39, 0.29) is 24.3 Å². The first kappa shape index (κ1) is 23.3. The number of rotatable bonds is 9. The first-order valence-corrected chi connectivity index (χ1v) is 11.1. The minimum absolute atomic E-state index is 0.181. The average molecular weight is 463 g/mol. The fourth-order valence-corrected chi connectivity index (χ4v) is 4.85. The number of hydrogen-bond donors (Lipinski definition) is 6. The molecule has 11 heteroatoms. The van der Waals surface area contributed by atoms with Gasteiger partial charge in [0.15, 0.2) is 0 Å². The lowest BCUT2D eigenvalue weighted by Crippen LogP contribution is -2.40. The number of aromatic nitrogens is 1. The number of hydrogen-bond acceptors (Lipinski definition) is 7. The van der Waals surface area contributed by atoms with E-state index in [1.165, 1.54) is 11.3 Å². The number of aromatic amines is 1. The summed E-state index contributed by atoms with van der Waals surface area (Å²) in [5.74, 6) is -2.34. The van der Waals surface area contributed by atoms with Gasteiger partial charge in [-0.25, -0.2) is 4.79 Å². The Bertz CT molecular complexity index is 1090. The molecule has 0 bridgehead atoms. The molecule has 172 valence electrons. The number of nitrogens with two attached hydrogens (primary N) is 1. The first-order chi connectivity index (χ1) is 15.1. The molecule has 2 atom stereocenters. The number of nitrogens with one attached hydrogen (secondary N) is 3. The smallest absolute Gasteiger partial charge is 0.326 e. The highest BCUT2D eigenvalue weighted by molar-refractivity contribution is 7.14. The van der Waals surface area contributed by atoms with Crippen molar-refractivity contribution in [2.24, 2.45) is 5.92 Å². The maximum Gasteiger partial charge on any atom is 0.326 e. The van der Waals surface area contributed by atoms with Crippen LogP contribution in [0.15, 0.2) is 16.9 Å². The number of fused-ring (bicyclic) bond motifs is 1. The molecule has 1 amide bonds. The second kappa shape index (κ2) is 9.86. The van der Waals surface area contributed by atoms with Gasteiger partial charge in [0, 0.05) is 35.2 Å². The molecule has 32 heavy (non-hydrogen) atoms. The Morgan fingerprint density at radius 3 is 2.75 bits per heavy atom. The summed E-state index contributed by atoms with van der Waals surface area (Å²) in [6.07, 6.45) is 1.64. The van der Waals surface area contributed by atoms with Crippen LogP contribution in [0.2, 0.25) is 0 Å².